The van der Waals surface area contributed by atoms with Gasteiger partial charge in [-0.05, 0) is 36.8 Å². The Morgan fingerprint density at radius 3 is 2.64 bits per heavy atom. The lowest BCUT2D eigenvalue weighted by molar-refractivity contribution is 0.402. The van der Waals surface area contributed by atoms with Crippen molar-refractivity contribution < 1.29 is 4.74 Å². The van der Waals surface area contributed by atoms with Crippen LogP contribution in [0.5, 0.6) is 5.88 Å². The lowest BCUT2D eigenvalue weighted by atomic mass is 10.0. The van der Waals surface area contributed by atoms with Crippen LogP contribution in [0, 0.1) is 6.92 Å². The molecule has 0 amide bonds. The minimum Gasteiger partial charge on any atom is -0.480 e. The smallest absolute Gasteiger partial charge is 0.224 e. The minimum atomic E-state index is 0.566. The average molecular weight is 367 g/mol. The minimum absolute atomic E-state index is 0.566. The number of nitrogens with one attached hydrogen (secondary N) is 1. The van der Waals surface area contributed by atoms with Crippen molar-refractivity contribution in [2.45, 2.75) is 6.92 Å². The molecule has 6 heteroatoms. The normalized spacial score (nSPS) is 11.2. The zero-order chi connectivity index (χ0) is 19.1. The van der Waals surface area contributed by atoms with Crippen molar-refractivity contribution in [3.8, 4) is 28.1 Å². The van der Waals surface area contributed by atoms with Gasteiger partial charge in [0.1, 0.15) is 12.0 Å². The largest absolute Gasteiger partial charge is 0.480 e. The molecule has 1 aromatic carbocycles. The highest BCUT2D eigenvalue weighted by molar-refractivity contribution is 5.98. The summed E-state index contributed by atoms with van der Waals surface area (Å²) in [5, 5.41) is 1.93. The SMILES string of the molecule is COc1ncnc2ccc(-c3c[nH]c4ncc(-c5cccnc5C)cc34)cc12. The van der Waals surface area contributed by atoms with Gasteiger partial charge in [-0.15, -0.1) is 0 Å². The number of aromatic amines is 1. The van der Waals surface area contributed by atoms with Crippen molar-refractivity contribution in [3.05, 3.63) is 67.0 Å². The molecule has 4 heterocycles. The number of rotatable bonds is 3. The fourth-order valence-electron chi connectivity index (χ4n) is 3.54. The molecule has 5 aromatic rings. The maximum atomic E-state index is 5.40. The molecule has 6 nitrogen and oxygen atoms in total. The van der Waals surface area contributed by atoms with Gasteiger partial charge in [0.05, 0.1) is 18.0 Å². The highest BCUT2D eigenvalue weighted by atomic mass is 16.5. The molecule has 0 radical (unpaired) electrons. The summed E-state index contributed by atoms with van der Waals surface area (Å²) in [6.07, 6.45) is 7.18. The zero-order valence-corrected chi connectivity index (χ0v) is 15.5. The van der Waals surface area contributed by atoms with E-state index in [4.69, 9.17) is 4.74 Å². The van der Waals surface area contributed by atoms with Crippen molar-refractivity contribution in [3.63, 3.8) is 0 Å². The van der Waals surface area contributed by atoms with Crippen molar-refractivity contribution in [2.75, 3.05) is 7.11 Å². The first-order chi connectivity index (χ1) is 13.7. The Morgan fingerprint density at radius 2 is 1.79 bits per heavy atom. The van der Waals surface area contributed by atoms with Gasteiger partial charge >= 0.3 is 0 Å². The molecule has 0 atom stereocenters. The Hall–Kier alpha value is -3.80. The Bertz CT molecular complexity index is 1330. The van der Waals surface area contributed by atoms with E-state index >= 15 is 0 Å². The Kier molecular flexibility index (Phi) is 3.76. The van der Waals surface area contributed by atoms with E-state index in [1.165, 1.54) is 6.33 Å². The molecule has 5 rings (SSSR count). The van der Waals surface area contributed by atoms with Crippen LogP contribution in [0.3, 0.4) is 0 Å². The molecule has 0 aliphatic heterocycles. The van der Waals surface area contributed by atoms with E-state index in [-0.39, 0.29) is 0 Å². The maximum absolute atomic E-state index is 5.40. The number of methoxy groups -OCH3 is 1. The summed E-state index contributed by atoms with van der Waals surface area (Å²) in [5.41, 5.74) is 6.91. The van der Waals surface area contributed by atoms with E-state index in [0.29, 0.717) is 5.88 Å². The molecule has 28 heavy (non-hydrogen) atoms. The van der Waals surface area contributed by atoms with Crippen molar-refractivity contribution in [1.82, 2.24) is 24.9 Å². The second kappa shape index (κ2) is 6.42. The third-order valence-corrected chi connectivity index (χ3v) is 4.95. The van der Waals surface area contributed by atoms with Crippen molar-refractivity contribution in [1.29, 1.82) is 0 Å². The summed E-state index contributed by atoms with van der Waals surface area (Å²) in [6.45, 7) is 2.01. The summed E-state index contributed by atoms with van der Waals surface area (Å²) in [6, 6.07) is 12.3. The van der Waals surface area contributed by atoms with Crippen LogP contribution < -0.4 is 4.74 Å². The lowest BCUT2D eigenvalue weighted by Crippen LogP contribution is -1.91. The summed E-state index contributed by atoms with van der Waals surface area (Å²) < 4.78 is 5.40. The molecule has 0 aliphatic carbocycles. The quantitative estimate of drug-likeness (QED) is 0.506. The number of ether oxygens (including phenoxy) is 1. The second-order valence-corrected chi connectivity index (χ2v) is 6.57. The average Bonchev–Trinajstić information content (AvgIpc) is 3.16. The number of aromatic nitrogens is 5. The number of fused-ring (bicyclic) bond motifs is 2. The second-order valence-electron chi connectivity index (χ2n) is 6.57. The number of hydrogen-bond acceptors (Lipinski definition) is 5. The summed E-state index contributed by atoms with van der Waals surface area (Å²) in [7, 11) is 1.62. The van der Waals surface area contributed by atoms with Gasteiger partial charge in [-0.3, -0.25) is 4.98 Å². The van der Waals surface area contributed by atoms with Gasteiger partial charge in [-0.1, -0.05) is 12.1 Å². The molecule has 0 saturated carbocycles. The van der Waals surface area contributed by atoms with Crippen LogP contribution in [0.25, 0.3) is 44.2 Å². The summed E-state index contributed by atoms with van der Waals surface area (Å²) >= 11 is 0. The van der Waals surface area contributed by atoms with Gasteiger partial charge in [-0.2, -0.15) is 0 Å². The molecule has 0 fully saturated rings. The molecule has 136 valence electrons. The highest BCUT2D eigenvalue weighted by Crippen LogP contribution is 2.34. The van der Waals surface area contributed by atoms with Crippen LogP contribution in [-0.4, -0.2) is 32.0 Å². The molecule has 0 saturated heterocycles. The van der Waals surface area contributed by atoms with Gasteiger partial charge in [-0.25, -0.2) is 15.0 Å². The van der Waals surface area contributed by atoms with Gasteiger partial charge < -0.3 is 9.72 Å². The van der Waals surface area contributed by atoms with Gasteiger partial charge in [0.2, 0.25) is 5.88 Å². The molecule has 1 N–H and O–H groups in total. The first-order valence-corrected chi connectivity index (χ1v) is 8.93. The number of aryl methyl sites for hydroxylation is 1. The number of benzene rings is 1. The predicted molar refractivity (Wildman–Crippen MR) is 109 cm³/mol. The first kappa shape index (κ1) is 16.4. The molecule has 0 unspecified atom stereocenters. The Labute approximate surface area is 161 Å². The van der Waals surface area contributed by atoms with Gasteiger partial charge in [0.25, 0.3) is 0 Å². The molecule has 0 spiro atoms. The van der Waals surface area contributed by atoms with E-state index in [1.54, 1.807) is 13.3 Å². The third-order valence-electron chi connectivity index (χ3n) is 4.95. The van der Waals surface area contributed by atoms with Crippen LogP contribution in [0.4, 0.5) is 0 Å². The number of hydrogen-bond donors (Lipinski definition) is 1. The predicted octanol–water partition coefficient (Wildman–Crippen LogP) is 4.55. The summed E-state index contributed by atoms with van der Waals surface area (Å²) in [5.74, 6) is 0.566. The van der Waals surface area contributed by atoms with Crippen molar-refractivity contribution in [2.24, 2.45) is 0 Å². The number of H-pyrrole nitrogens is 1. The summed E-state index contributed by atoms with van der Waals surface area (Å²) in [4.78, 5) is 20.8. The number of pyridine rings is 2. The Balaban J connectivity index is 1.70. The van der Waals surface area contributed by atoms with E-state index in [2.05, 4.69) is 49.2 Å². The van der Waals surface area contributed by atoms with Crippen LogP contribution in [-0.2, 0) is 0 Å². The molecule has 4 aromatic heterocycles. The standard InChI is InChI=1S/C22H17N5O/c1-13-16(4-3-7-23-13)15-9-17-19(11-25-21(17)24-10-15)14-5-6-20-18(8-14)22(28-2)27-12-26-20/h3-12H,1-2H3,(H,24,25). The van der Waals surface area contributed by atoms with Crippen molar-refractivity contribution >= 4 is 21.9 Å². The molecular formula is C22H17N5O. The van der Waals surface area contributed by atoms with E-state index in [9.17, 15) is 0 Å². The van der Waals surface area contributed by atoms with Gasteiger partial charge in [0.15, 0.2) is 0 Å². The molecule has 0 bridgehead atoms. The number of nitrogens with zero attached hydrogens (tertiary/aromatic N) is 4. The van der Waals surface area contributed by atoms with Crippen LogP contribution in [0.15, 0.2) is 61.3 Å². The zero-order valence-electron chi connectivity index (χ0n) is 15.5. The molecular weight excluding hydrogens is 350 g/mol. The maximum Gasteiger partial charge on any atom is 0.224 e. The Morgan fingerprint density at radius 1 is 0.893 bits per heavy atom. The van der Waals surface area contributed by atoms with Crippen LogP contribution in [0.2, 0.25) is 0 Å². The topological polar surface area (TPSA) is 76.6 Å². The van der Waals surface area contributed by atoms with Crippen LogP contribution in [0.1, 0.15) is 5.69 Å². The molecule has 0 aliphatic rings. The van der Waals surface area contributed by atoms with E-state index in [1.807, 2.05) is 31.5 Å². The first-order valence-electron chi connectivity index (χ1n) is 8.93. The van der Waals surface area contributed by atoms with E-state index < -0.39 is 0 Å². The monoisotopic (exact) mass is 367 g/mol. The van der Waals surface area contributed by atoms with E-state index in [0.717, 1.165) is 49.9 Å². The third kappa shape index (κ3) is 2.58. The van der Waals surface area contributed by atoms with Crippen LogP contribution >= 0.6 is 0 Å². The fourth-order valence-corrected chi connectivity index (χ4v) is 3.54. The highest BCUT2D eigenvalue weighted by Gasteiger charge is 2.12. The lowest BCUT2D eigenvalue weighted by Gasteiger charge is -2.07. The fraction of sp³-hybridized carbons (Fsp3) is 0.0909. The van der Waals surface area contributed by atoms with Gasteiger partial charge in [0, 0.05) is 46.4 Å².